The van der Waals surface area contributed by atoms with Crippen LogP contribution in [-0.4, -0.2) is 11.6 Å². The molecular formula is C24H34O2. The number of unbranched alkanes of at least 4 members (excludes halogenated alkanes) is 1. The summed E-state index contributed by atoms with van der Waals surface area (Å²) in [5.41, 5.74) is 1.23. The first kappa shape index (κ1) is 19.3. The van der Waals surface area contributed by atoms with Crippen molar-refractivity contribution in [3.8, 4) is 0 Å². The fourth-order valence-corrected chi connectivity index (χ4v) is 5.04. The maximum Gasteiger partial charge on any atom is 0.135 e. The zero-order chi connectivity index (χ0) is 18.2. The minimum absolute atomic E-state index is 0.322. The Hall–Kier alpha value is -1.44. The summed E-state index contributed by atoms with van der Waals surface area (Å²) in [4.78, 5) is 24.6. The molecule has 2 saturated carbocycles. The predicted octanol–water partition coefficient (Wildman–Crippen LogP) is 5.92. The molecule has 2 fully saturated rings. The van der Waals surface area contributed by atoms with Crippen LogP contribution in [0.15, 0.2) is 30.3 Å². The van der Waals surface area contributed by atoms with Gasteiger partial charge in [0.15, 0.2) is 0 Å². The van der Waals surface area contributed by atoms with Gasteiger partial charge in [-0.3, -0.25) is 9.59 Å². The number of hydrogen-bond acceptors (Lipinski definition) is 2. The third kappa shape index (κ3) is 5.79. The summed E-state index contributed by atoms with van der Waals surface area (Å²) in [5, 5.41) is 0. The van der Waals surface area contributed by atoms with E-state index in [0.717, 1.165) is 43.9 Å². The van der Waals surface area contributed by atoms with Crippen molar-refractivity contribution in [2.75, 3.05) is 0 Å². The van der Waals surface area contributed by atoms with Crippen LogP contribution in [0.5, 0.6) is 0 Å². The third-order valence-corrected chi connectivity index (χ3v) is 6.66. The average molecular weight is 355 g/mol. The van der Waals surface area contributed by atoms with Crippen molar-refractivity contribution in [3.63, 3.8) is 0 Å². The van der Waals surface area contributed by atoms with E-state index in [2.05, 4.69) is 12.1 Å². The lowest BCUT2D eigenvalue weighted by atomic mass is 9.66. The first-order valence-electron chi connectivity index (χ1n) is 10.8. The number of fused-ring (bicyclic) bond motifs is 1. The van der Waals surface area contributed by atoms with E-state index in [4.69, 9.17) is 0 Å². The lowest BCUT2D eigenvalue weighted by Crippen LogP contribution is -2.31. The molecule has 0 saturated heterocycles. The highest BCUT2D eigenvalue weighted by Gasteiger charge is 2.34. The Bertz CT molecular complexity index is 577. The van der Waals surface area contributed by atoms with Crippen LogP contribution in [0.4, 0.5) is 0 Å². The van der Waals surface area contributed by atoms with Crippen LogP contribution >= 0.6 is 0 Å². The quantitative estimate of drug-likeness (QED) is 0.515. The molecule has 0 aromatic heterocycles. The van der Waals surface area contributed by atoms with Crippen LogP contribution in [0.3, 0.4) is 0 Å². The summed E-state index contributed by atoms with van der Waals surface area (Å²) in [6.45, 7) is 0. The van der Waals surface area contributed by atoms with Gasteiger partial charge in [0, 0.05) is 25.2 Å². The molecule has 0 N–H and O–H groups in total. The Morgan fingerprint density at radius 3 is 2.35 bits per heavy atom. The Balaban J connectivity index is 1.28. The molecule has 2 nitrogen and oxygen atoms in total. The molecule has 3 atom stereocenters. The maximum absolute atomic E-state index is 12.5. The summed E-state index contributed by atoms with van der Waals surface area (Å²) in [6, 6.07) is 10.2. The van der Waals surface area contributed by atoms with Gasteiger partial charge in [0.2, 0.25) is 0 Å². The summed E-state index contributed by atoms with van der Waals surface area (Å²) in [5.74, 6) is 2.87. The van der Waals surface area contributed by atoms with Crippen molar-refractivity contribution in [2.45, 2.75) is 83.5 Å². The minimum atomic E-state index is 0.322. The normalized spacial score (nSPS) is 25.5. The largest absolute Gasteiger partial charge is 0.300 e. The molecule has 0 spiro atoms. The molecule has 0 radical (unpaired) electrons. The van der Waals surface area contributed by atoms with E-state index in [0.29, 0.717) is 36.7 Å². The van der Waals surface area contributed by atoms with Gasteiger partial charge in [-0.25, -0.2) is 0 Å². The number of benzene rings is 1. The Kier molecular flexibility index (Phi) is 7.46. The zero-order valence-corrected chi connectivity index (χ0v) is 16.1. The molecule has 0 bridgehead atoms. The summed E-state index contributed by atoms with van der Waals surface area (Å²) < 4.78 is 0. The zero-order valence-electron chi connectivity index (χ0n) is 16.1. The molecule has 3 unspecified atom stereocenters. The molecule has 0 heterocycles. The van der Waals surface area contributed by atoms with E-state index in [1.54, 1.807) is 0 Å². The highest BCUT2D eigenvalue weighted by molar-refractivity contribution is 5.81. The van der Waals surface area contributed by atoms with Crippen LogP contribution in [0, 0.1) is 17.8 Å². The number of carbonyl (C=O) groups excluding carboxylic acids is 2. The van der Waals surface area contributed by atoms with Gasteiger partial charge in [-0.2, -0.15) is 0 Å². The van der Waals surface area contributed by atoms with Crippen molar-refractivity contribution >= 4 is 11.6 Å². The molecule has 142 valence electrons. The van der Waals surface area contributed by atoms with Gasteiger partial charge in [0.25, 0.3) is 0 Å². The van der Waals surface area contributed by atoms with Crippen LogP contribution in [-0.2, 0) is 16.0 Å². The van der Waals surface area contributed by atoms with Gasteiger partial charge in [-0.1, -0.05) is 56.0 Å². The molecule has 1 aromatic rings. The molecule has 3 rings (SSSR count). The molecule has 2 heteroatoms. The first-order chi connectivity index (χ1) is 12.7. The van der Waals surface area contributed by atoms with E-state index in [9.17, 15) is 9.59 Å². The van der Waals surface area contributed by atoms with Crippen molar-refractivity contribution in [1.82, 2.24) is 0 Å². The van der Waals surface area contributed by atoms with Gasteiger partial charge in [0.05, 0.1) is 0 Å². The van der Waals surface area contributed by atoms with Crippen molar-refractivity contribution < 1.29 is 9.59 Å². The van der Waals surface area contributed by atoms with Crippen LogP contribution < -0.4 is 0 Å². The number of rotatable bonds is 9. The molecule has 2 aliphatic rings. The highest BCUT2D eigenvalue weighted by atomic mass is 16.1. The van der Waals surface area contributed by atoms with Crippen molar-refractivity contribution in [2.24, 2.45) is 17.8 Å². The van der Waals surface area contributed by atoms with Crippen LogP contribution in [0.25, 0.3) is 0 Å². The Labute approximate surface area is 158 Å². The molecule has 0 aliphatic heterocycles. The fourth-order valence-electron chi connectivity index (χ4n) is 5.04. The van der Waals surface area contributed by atoms with Crippen molar-refractivity contribution in [1.29, 1.82) is 0 Å². The number of carbonyl (C=O) groups is 2. The number of ketones is 2. The molecule has 2 aliphatic carbocycles. The number of hydrogen-bond donors (Lipinski definition) is 0. The van der Waals surface area contributed by atoms with E-state index in [-0.39, 0.29) is 0 Å². The summed E-state index contributed by atoms with van der Waals surface area (Å²) in [6.07, 6.45) is 13.6. The lowest BCUT2D eigenvalue weighted by Gasteiger charge is -2.38. The first-order valence-corrected chi connectivity index (χ1v) is 10.8. The Morgan fingerprint density at radius 1 is 0.808 bits per heavy atom. The molecule has 0 amide bonds. The van der Waals surface area contributed by atoms with Gasteiger partial charge >= 0.3 is 0 Å². The Morgan fingerprint density at radius 2 is 1.54 bits per heavy atom. The van der Waals surface area contributed by atoms with Crippen LogP contribution in [0.2, 0.25) is 0 Å². The topological polar surface area (TPSA) is 34.1 Å². The summed E-state index contributed by atoms with van der Waals surface area (Å²) >= 11 is 0. The van der Waals surface area contributed by atoms with E-state index < -0.39 is 0 Å². The SMILES string of the molecule is O=C(CCCCC(=O)C1CCC2CCCCC2C1)CCc1ccccc1. The fraction of sp³-hybridized carbons (Fsp3) is 0.667. The van der Waals surface area contributed by atoms with Gasteiger partial charge in [-0.15, -0.1) is 0 Å². The number of aryl methyl sites for hydroxylation is 1. The van der Waals surface area contributed by atoms with Gasteiger partial charge in [0.1, 0.15) is 11.6 Å². The van der Waals surface area contributed by atoms with E-state index >= 15 is 0 Å². The minimum Gasteiger partial charge on any atom is -0.300 e. The standard InChI is InChI=1S/C24H34O2/c25-23(17-14-19-8-2-1-3-9-19)12-6-7-13-24(26)22-16-15-20-10-4-5-11-21(20)18-22/h1-3,8-9,20-22H,4-7,10-18H2. The average Bonchev–Trinajstić information content (AvgIpc) is 2.70. The van der Waals surface area contributed by atoms with Gasteiger partial charge < -0.3 is 0 Å². The smallest absolute Gasteiger partial charge is 0.135 e. The molecule has 1 aromatic carbocycles. The lowest BCUT2D eigenvalue weighted by molar-refractivity contribution is -0.125. The summed E-state index contributed by atoms with van der Waals surface area (Å²) in [7, 11) is 0. The van der Waals surface area contributed by atoms with Crippen LogP contribution in [0.1, 0.15) is 82.6 Å². The molecule has 26 heavy (non-hydrogen) atoms. The van der Waals surface area contributed by atoms with E-state index in [1.165, 1.54) is 37.7 Å². The number of Topliss-reactive ketones (excluding diaryl/α,β-unsaturated/α-hetero) is 2. The maximum atomic E-state index is 12.5. The third-order valence-electron chi connectivity index (χ3n) is 6.66. The highest BCUT2D eigenvalue weighted by Crippen LogP contribution is 2.43. The second kappa shape index (κ2) is 10.0. The van der Waals surface area contributed by atoms with E-state index in [1.807, 2.05) is 18.2 Å². The molecular weight excluding hydrogens is 320 g/mol. The second-order valence-corrected chi connectivity index (χ2v) is 8.51. The monoisotopic (exact) mass is 354 g/mol. The van der Waals surface area contributed by atoms with Crippen molar-refractivity contribution in [3.05, 3.63) is 35.9 Å². The second-order valence-electron chi connectivity index (χ2n) is 8.51. The predicted molar refractivity (Wildman–Crippen MR) is 106 cm³/mol. The van der Waals surface area contributed by atoms with Gasteiger partial charge in [-0.05, 0) is 55.9 Å².